The van der Waals surface area contributed by atoms with Crippen LogP contribution in [0.1, 0.15) is 36.5 Å². The number of alkyl halides is 3. The van der Waals surface area contributed by atoms with Gasteiger partial charge < -0.3 is 4.90 Å². The molecule has 0 bridgehead atoms. The normalized spacial score (nSPS) is 18.8. The van der Waals surface area contributed by atoms with Gasteiger partial charge >= 0.3 is 6.18 Å². The summed E-state index contributed by atoms with van der Waals surface area (Å²) in [5.41, 5.74) is -0.342. The molecule has 2 aromatic carbocycles. The van der Waals surface area contributed by atoms with Crippen molar-refractivity contribution < 1.29 is 22.8 Å². The Hall–Kier alpha value is -2.05. The monoisotopic (exact) mass is 457 g/mol. The van der Waals surface area contributed by atoms with E-state index in [0.29, 0.717) is 40.6 Å². The zero-order valence-corrected chi connectivity index (χ0v) is 17.7. The van der Waals surface area contributed by atoms with Crippen molar-refractivity contribution in [3.8, 4) is 0 Å². The zero-order chi connectivity index (χ0) is 22.1. The van der Waals surface area contributed by atoms with Gasteiger partial charge in [0, 0.05) is 23.0 Å². The van der Waals surface area contributed by atoms with Crippen LogP contribution in [0.25, 0.3) is 0 Å². The predicted molar refractivity (Wildman–Crippen MR) is 110 cm³/mol. The first-order valence-electron chi connectivity index (χ1n) is 9.44. The van der Waals surface area contributed by atoms with E-state index in [1.807, 2.05) is 0 Å². The predicted octanol–water partition coefficient (Wildman–Crippen LogP) is 5.75. The molecular formula is C22H20Cl2F3NO2. The van der Waals surface area contributed by atoms with Gasteiger partial charge in [-0.05, 0) is 55.2 Å². The average Bonchev–Trinajstić information content (AvgIpc) is 2.66. The standard InChI is InChI=1S/C22H20Cl2F3NO2/c1-21(19(29)9-4-14-2-6-16(7-3-14)22(25,26)27)10-11-28(21)20(30)12-15-5-8-17(23)13-18(15)24/h2-3,5-8,13H,4,9-12H2,1H3. The van der Waals surface area contributed by atoms with Gasteiger partial charge in [-0.3, -0.25) is 9.59 Å². The van der Waals surface area contributed by atoms with Crippen molar-refractivity contribution in [1.82, 2.24) is 4.90 Å². The molecule has 0 saturated carbocycles. The van der Waals surface area contributed by atoms with Gasteiger partial charge in [-0.2, -0.15) is 13.2 Å². The second-order valence-electron chi connectivity index (χ2n) is 7.60. The number of halogens is 5. The SMILES string of the molecule is CC1(C(=O)CCc2ccc(C(F)(F)F)cc2)CCN1C(=O)Cc1ccc(Cl)cc1Cl. The molecule has 1 unspecified atom stereocenters. The molecule has 0 N–H and O–H groups in total. The highest BCUT2D eigenvalue weighted by molar-refractivity contribution is 6.35. The third-order valence-electron chi connectivity index (χ3n) is 5.60. The van der Waals surface area contributed by atoms with Gasteiger partial charge in [-0.15, -0.1) is 0 Å². The van der Waals surface area contributed by atoms with E-state index < -0.39 is 17.3 Å². The summed E-state index contributed by atoms with van der Waals surface area (Å²) in [5, 5.41) is 0.870. The van der Waals surface area contributed by atoms with Gasteiger partial charge in [0.15, 0.2) is 5.78 Å². The summed E-state index contributed by atoms with van der Waals surface area (Å²) < 4.78 is 38.0. The average molecular weight is 458 g/mol. The number of aryl methyl sites for hydroxylation is 1. The molecule has 0 aliphatic carbocycles. The molecule has 8 heteroatoms. The van der Waals surface area contributed by atoms with Gasteiger partial charge in [-0.25, -0.2) is 0 Å². The Kier molecular flexibility index (Phi) is 6.48. The highest BCUT2D eigenvalue weighted by Crippen LogP contribution is 2.34. The minimum Gasteiger partial charge on any atom is -0.330 e. The second kappa shape index (κ2) is 8.60. The molecule has 1 aliphatic rings. The Balaban J connectivity index is 1.60. The van der Waals surface area contributed by atoms with Crippen molar-refractivity contribution in [2.75, 3.05) is 6.54 Å². The summed E-state index contributed by atoms with van der Waals surface area (Å²) >= 11 is 12.0. The molecule has 1 heterocycles. The lowest BCUT2D eigenvalue weighted by atomic mass is 9.80. The van der Waals surface area contributed by atoms with Crippen LogP contribution >= 0.6 is 23.2 Å². The largest absolute Gasteiger partial charge is 0.416 e. The van der Waals surface area contributed by atoms with Crippen LogP contribution in [0.5, 0.6) is 0 Å². The fourth-order valence-corrected chi connectivity index (χ4v) is 4.04. The molecule has 2 aromatic rings. The van der Waals surface area contributed by atoms with Crippen LogP contribution in [0, 0.1) is 0 Å². The van der Waals surface area contributed by atoms with E-state index in [1.54, 1.807) is 30.0 Å². The van der Waals surface area contributed by atoms with Gasteiger partial charge in [0.2, 0.25) is 5.91 Å². The van der Waals surface area contributed by atoms with Gasteiger partial charge in [0.25, 0.3) is 0 Å². The molecule has 1 saturated heterocycles. The van der Waals surface area contributed by atoms with E-state index in [1.165, 1.54) is 12.1 Å². The third kappa shape index (κ3) is 4.81. The lowest BCUT2D eigenvalue weighted by Crippen LogP contribution is -2.65. The van der Waals surface area contributed by atoms with Crippen molar-refractivity contribution >= 4 is 34.9 Å². The first-order valence-corrected chi connectivity index (χ1v) is 10.2. The highest BCUT2D eigenvalue weighted by atomic mass is 35.5. The maximum Gasteiger partial charge on any atom is 0.416 e. The summed E-state index contributed by atoms with van der Waals surface area (Å²) in [6.45, 7) is 2.21. The Bertz CT molecular complexity index is 960. The first-order chi connectivity index (χ1) is 14.0. The Morgan fingerprint density at radius 1 is 1.10 bits per heavy atom. The van der Waals surface area contributed by atoms with Crippen LogP contribution in [0.2, 0.25) is 10.0 Å². The number of Topliss-reactive ketones (excluding diaryl/α,β-unsaturated/α-hetero) is 1. The summed E-state index contributed by atoms with van der Waals surface area (Å²) in [5.74, 6) is -0.306. The number of carbonyl (C=O) groups is 2. The Morgan fingerprint density at radius 2 is 1.77 bits per heavy atom. The van der Waals surface area contributed by atoms with Gasteiger partial charge in [0.1, 0.15) is 5.54 Å². The molecule has 160 valence electrons. The Labute approximate surface area is 182 Å². The van der Waals surface area contributed by atoms with E-state index in [2.05, 4.69) is 0 Å². The molecule has 3 nitrogen and oxygen atoms in total. The number of carbonyl (C=O) groups excluding carboxylic acids is 2. The number of benzene rings is 2. The summed E-state index contributed by atoms with van der Waals surface area (Å²) in [6.07, 6.45) is -3.30. The van der Waals surface area contributed by atoms with Crippen LogP contribution < -0.4 is 0 Å². The van der Waals surface area contributed by atoms with Crippen LogP contribution in [0.15, 0.2) is 42.5 Å². The molecule has 0 aromatic heterocycles. The summed E-state index contributed by atoms with van der Waals surface area (Å²) in [7, 11) is 0. The van der Waals surface area contributed by atoms with Crippen LogP contribution in [0.4, 0.5) is 13.2 Å². The highest BCUT2D eigenvalue weighted by Gasteiger charge is 2.48. The first kappa shape index (κ1) is 22.6. The van der Waals surface area contributed by atoms with Crippen LogP contribution in [-0.4, -0.2) is 28.7 Å². The fraction of sp³-hybridized carbons (Fsp3) is 0.364. The van der Waals surface area contributed by atoms with Crippen molar-refractivity contribution in [2.45, 2.75) is 44.3 Å². The van der Waals surface area contributed by atoms with E-state index in [4.69, 9.17) is 23.2 Å². The van der Waals surface area contributed by atoms with E-state index in [-0.39, 0.29) is 24.5 Å². The third-order valence-corrected chi connectivity index (χ3v) is 6.19. The summed E-state index contributed by atoms with van der Waals surface area (Å²) in [4.78, 5) is 27.1. The molecule has 1 amide bonds. The number of hydrogen-bond donors (Lipinski definition) is 0. The smallest absolute Gasteiger partial charge is 0.330 e. The maximum absolute atomic E-state index is 12.8. The van der Waals surface area contributed by atoms with Crippen molar-refractivity contribution in [3.63, 3.8) is 0 Å². The number of rotatable bonds is 6. The van der Waals surface area contributed by atoms with Crippen molar-refractivity contribution in [2.24, 2.45) is 0 Å². The van der Waals surface area contributed by atoms with Crippen LogP contribution in [0.3, 0.4) is 0 Å². The number of ketones is 1. The lowest BCUT2D eigenvalue weighted by molar-refractivity contribution is -0.155. The number of hydrogen-bond acceptors (Lipinski definition) is 2. The quantitative estimate of drug-likeness (QED) is 0.553. The topological polar surface area (TPSA) is 37.4 Å². The van der Waals surface area contributed by atoms with Gasteiger partial charge in [-0.1, -0.05) is 41.4 Å². The number of likely N-dealkylation sites (tertiary alicyclic amines) is 1. The minimum absolute atomic E-state index is 0.0672. The molecule has 0 spiro atoms. The summed E-state index contributed by atoms with van der Waals surface area (Å²) in [6, 6.07) is 9.69. The molecule has 3 rings (SSSR count). The minimum atomic E-state index is -4.39. The zero-order valence-electron chi connectivity index (χ0n) is 16.2. The molecule has 1 atom stereocenters. The molecule has 1 fully saturated rings. The van der Waals surface area contributed by atoms with E-state index in [0.717, 1.165) is 12.1 Å². The molecule has 30 heavy (non-hydrogen) atoms. The number of amides is 1. The fourth-order valence-electron chi connectivity index (χ4n) is 3.56. The van der Waals surface area contributed by atoms with Crippen LogP contribution in [-0.2, 0) is 28.6 Å². The molecule has 0 radical (unpaired) electrons. The maximum atomic E-state index is 12.8. The number of nitrogens with zero attached hydrogens (tertiary/aromatic N) is 1. The second-order valence-corrected chi connectivity index (χ2v) is 8.44. The van der Waals surface area contributed by atoms with E-state index >= 15 is 0 Å². The van der Waals surface area contributed by atoms with Crippen molar-refractivity contribution in [3.05, 3.63) is 69.2 Å². The molecular weight excluding hydrogens is 438 g/mol. The van der Waals surface area contributed by atoms with Gasteiger partial charge in [0.05, 0.1) is 12.0 Å². The Morgan fingerprint density at radius 3 is 2.30 bits per heavy atom. The molecule has 1 aliphatic heterocycles. The van der Waals surface area contributed by atoms with Crippen molar-refractivity contribution in [1.29, 1.82) is 0 Å². The lowest BCUT2D eigenvalue weighted by Gasteiger charge is -2.49. The van der Waals surface area contributed by atoms with E-state index in [9.17, 15) is 22.8 Å².